The van der Waals surface area contributed by atoms with Crippen molar-refractivity contribution in [3.63, 3.8) is 0 Å². The molecule has 0 saturated heterocycles. The second-order valence-electron chi connectivity index (χ2n) is 10.9. The summed E-state index contributed by atoms with van der Waals surface area (Å²) in [6.45, 7) is 1.77. The van der Waals surface area contributed by atoms with Crippen molar-refractivity contribution in [1.29, 1.82) is 0 Å². The van der Waals surface area contributed by atoms with Crippen molar-refractivity contribution in [3.05, 3.63) is 106 Å². The van der Waals surface area contributed by atoms with E-state index in [0.29, 0.717) is 38.0 Å². The molecule has 1 heterocycles. The molecule has 1 aliphatic rings. The number of phenolic OH excluding ortho intramolecular Hbond substituents is 1. The lowest BCUT2D eigenvalue weighted by molar-refractivity contribution is -0.115. The quantitative estimate of drug-likeness (QED) is 0.0781. The van der Waals surface area contributed by atoms with Crippen LogP contribution in [0.4, 0.5) is 10.7 Å². The number of nitrogens with one attached hydrogen (secondary N) is 3. The second-order valence-corrected chi connectivity index (χ2v) is 13.5. The summed E-state index contributed by atoms with van der Waals surface area (Å²) < 4.78 is 10.4. The molecule has 0 radical (unpaired) electrons. The van der Waals surface area contributed by atoms with Crippen LogP contribution in [0, 0.1) is 0 Å². The zero-order valence-electron chi connectivity index (χ0n) is 26.6. The lowest BCUT2D eigenvalue weighted by Gasteiger charge is -2.15. The maximum atomic E-state index is 13.6. The summed E-state index contributed by atoms with van der Waals surface area (Å²) in [6.07, 6.45) is 5.15. The first kappa shape index (κ1) is 34.3. The Kier molecular flexibility index (Phi) is 11.2. The highest BCUT2D eigenvalue weighted by atomic mass is 32.2. The average Bonchev–Trinajstić information content (AvgIpc) is 3.46. The number of carbonyl (C=O) groups excluding carboxylic acids is 4. The first-order chi connectivity index (χ1) is 23.2. The summed E-state index contributed by atoms with van der Waals surface area (Å²) in [5.41, 5.74) is 2.61. The molecule has 1 unspecified atom stereocenters. The molecule has 48 heavy (non-hydrogen) atoms. The molecule has 4 aromatic rings. The molecule has 1 aliphatic carbocycles. The van der Waals surface area contributed by atoms with Crippen LogP contribution in [0.25, 0.3) is 6.08 Å². The number of amides is 3. The monoisotopic (exact) mass is 685 g/mol. The summed E-state index contributed by atoms with van der Waals surface area (Å²) in [4.78, 5) is 54.4. The summed E-state index contributed by atoms with van der Waals surface area (Å²) in [7, 11) is 2.77. The van der Waals surface area contributed by atoms with Gasteiger partial charge in [0, 0.05) is 32.7 Å². The number of ether oxygens (including phenoxy) is 2. The van der Waals surface area contributed by atoms with Gasteiger partial charge in [-0.05, 0) is 86.7 Å². The van der Waals surface area contributed by atoms with Crippen LogP contribution in [0.2, 0.25) is 0 Å². The van der Waals surface area contributed by atoms with E-state index in [1.165, 1.54) is 55.5 Å². The molecule has 10 nitrogen and oxygen atoms in total. The predicted molar refractivity (Wildman–Crippen MR) is 188 cm³/mol. The number of benzene rings is 3. The highest BCUT2D eigenvalue weighted by Gasteiger charge is 2.28. The fraction of sp³-hybridized carbons (Fsp3) is 0.222. The van der Waals surface area contributed by atoms with Gasteiger partial charge in [0.2, 0.25) is 5.91 Å². The van der Waals surface area contributed by atoms with Crippen molar-refractivity contribution in [2.24, 2.45) is 0 Å². The number of aromatic hydroxyl groups is 1. The molecule has 0 aliphatic heterocycles. The van der Waals surface area contributed by atoms with Crippen molar-refractivity contribution in [3.8, 4) is 11.5 Å². The number of fused-ring (bicyclic) bond motifs is 1. The molecule has 3 aromatic carbocycles. The van der Waals surface area contributed by atoms with Crippen LogP contribution in [0.3, 0.4) is 0 Å². The number of carbonyl (C=O) groups is 4. The minimum Gasteiger partial charge on any atom is -0.508 e. The maximum absolute atomic E-state index is 13.6. The third-order valence-electron chi connectivity index (χ3n) is 7.62. The average molecular weight is 686 g/mol. The molecule has 0 spiro atoms. The number of aryl methyl sites for hydroxylation is 1. The van der Waals surface area contributed by atoms with Crippen LogP contribution < -0.4 is 20.7 Å². The molecule has 0 bridgehead atoms. The lowest BCUT2D eigenvalue weighted by Crippen LogP contribution is -2.30. The molecule has 3 amide bonds. The third kappa shape index (κ3) is 8.25. The minimum atomic E-state index is -0.598. The highest BCUT2D eigenvalue weighted by molar-refractivity contribution is 8.00. The van der Waals surface area contributed by atoms with Crippen LogP contribution >= 0.6 is 23.1 Å². The van der Waals surface area contributed by atoms with Crippen LogP contribution in [0.15, 0.2) is 83.4 Å². The van der Waals surface area contributed by atoms with Gasteiger partial charge in [-0.3, -0.25) is 14.4 Å². The summed E-state index contributed by atoms with van der Waals surface area (Å²) in [5, 5.41) is 18.3. The van der Waals surface area contributed by atoms with Gasteiger partial charge in [0.05, 0.1) is 25.0 Å². The zero-order valence-corrected chi connectivity index (χ0v) is 28.3. The van der Waals surface area contributed by atoms with E-state index < -0.39 is 23.0 Å². The van der Waals surface area contributed by atoms with Gasteiger partial charge >= 0.3 is 5.97 Å². The van der Waals surface area contributed by atoms with Crippen molar-refractivity contribution < 1.29 is 33.8 Å². The van der Waals surface area contributed by atoms with Gasteiger partial charge in [0.1, 0.15) is 22.2 Å². The van der Waals surface area contributed by atoms with Gasteiger partial charge in [-0.2, -0.15) is 0 Å². The predicted octanol–water partition coefficient (Wildman–Crippen LogP) is 6.66. The van der Waals surface area contributed by atoms with E-state index >= 15 is 0 Å². The van der Waals surface area contributed by atoms with Crippen molar-refractivity contribution in [2.45, 2.75) is 42.8 Å². The molecule has 1 aromatic heterocycles. The largest absolute Gasteiger partial charge is 0.508 e. The van der Waals surface area contributed by atoms with Crippen LogP contribution in [0.1, 0.15) is 56.5 Å². The Morgan fingerprint density at radius 3 is 2.46 bits per heavy atom. The number of phenols is 1. The second kappa shape index (κ2) is 15.7. The van der Waals surface area contributed by atoms with E-state index in [9.17, 15) is 24.3 Å². The smallest absolute Gasteiger partial charge is 0.341 e. The topological polar surface area (TPSA) is 143 Å². The molecular weight excluding hydrogens is 651 g/mol. The number of thioether (sulfide) groups is 1. The number of rotatable bonds is 11. The number of hydrogen-bond acceptors (Lipinski definition) is 9. The number of thiophene rings is 1. The van der Waals surface area contributed by atoms with E-state index in [4.69, 9.17) is 9.47 Å². The molecule has 248 valence electrons. The Morgan fingerprint density at radius 1 is 0.938 bits per heavy atom. The molecule has 1 atom stereocenters. The SMILES string of the molecule is COC(=O)c1c(NC(=O)C(C)Sc2cccc(NC(=O)/C(=C\c3ccc(O)cc3OC)NC(=O)c3ccccc3)c2)sc2c1CCCC2. The lowest BCUT2D eigenvalue weighted by atomic mass is 9.95. The molecule has 12 heteroatoms. The van der Waals surface area contributed by atoms with E-state index in [2.05, 4.69) is 16.0 Å². The summed E-state index contributed by atoms with van der Waals surface area (Å²) >= 11 is 2.72. The molecular formula is C36H35N3O7S2. The Hall–Kier alpha value is -5.07. The summed E-state index contributed by atoms with van der Waals surface area (Å²) in [5.74, 6) is -1.51. The van der Waals surface area contributed by atoms with Crippen LogP contribution in [0.5, 0.6) is 11.5 Å². The van der Waals surface area contributed by atoms with E-state index in [-0.39, 0.29) is 17.4 Å². The van der Waals surface area contributed by atoms with Gasteiger partial charge < -0.3 is 30.5 Å². The van der Waals surface area contributed by atoms with Gasteiger partial charge in [-0.15, -0.1) is 23.1 Å². The maximum Gasteiger partial charge on any atom is 0.341 e. The highest BCUT2D eigenvalue weighted by Crippen LogP contribution is 2.39. The normalized spacial score (nSPS) is 13.1. The molecule has 5 rings (SSSR count). The Morgan fingerprint density at radius 2 is 1.71 bits per heavy atom. The summed E-state index contributed by atoms with van der Waals surface area (Å²) in [6, 6.07) is 19.9. The van der Waals surface area contributed by atoms with Crippen LogP contribution in [-0.4, -0.2) is 48.3 Å². The Balaban J connectivity index is 1.32. The Bertz CT molecular complexity index is 1870. The zero-order chi connectivity index (χ0) is 34.2. The molecule has 4 N–H and O–H groups in total. The van der Waals surface area contributed by atoms with Crippen LogP contribution in [-0.2, 0) is 27.2 Å². The number of esters is 1. The molecule has 0 fully saturated rings. The number of anilines is 2. The van der Waals surface area contributed by atoms with Crippen molar-refractivity contribution >= 4 is 63.6 Å². The Labute approximate surface area is 286 Å². The minimum absolute atomic E-state index is 0.0149. The fourth-order valence-corrected chi connectivity index (χ4v) is 7.41. The van der Waals surface area contributed by atoms with E-state index in [1.807, 2.05) is 6.07 Å². The first-order valence-electron chi connectivity index (χ1n) is 15.2. The number of methoxy groups -OCH3 is 2. The fourth-order valence-electron chi connectivity index (χ4n) is 5.21. The van der Waals surface area contributed by atoms with Gasteiger partial charge in [-0.1, -0.05) is 24.3 Å². The van der Waals surface area contributed by atoms with Crippen molar-refractivity contribution in [2.75, 3.05) is 24.9 Å². The molecule has 0 saturated carbocycles. The third-order valence-corrected chi connectivity index (χ3v) is 9.92. The first-order valence-corrected chi connectivity index (χ1v) is 16.9. The van der Waals surface area contributed by atoms with Crippen molar-refractivity contribution in [1.82, 2.24) is 5.32 Å². The van der Waals surface area contributed by atoms with E-state index in [1.54, 1.807) is 61.5 Å². The van der Waals surface area contributed by atoms with Gasteiger partial charge in [-0.25, -0.2) is 4.79 Å². The van der Waals surface area contributed by atoms with Gasteiger partial charge in [0.25, 0.3) is 11.8 Å². The standard InChI is InChI=1S/C36H35N3O7S2/c1-21(32(41)39-35-31(36(44)46-3)27-14-7-8-15-30(27)48-35)47-26-13-9-12-24(19-26)37-34(43)28(38-33(42)22-10-5-4-6-11-22)18-23-16-17-25(40)20-29(23)45-2/h4-6,9-13,16-21,40H,7-8,14-15H2,1-3H3,(H,37,43)(H,38,42)(H,39,41)/b28-18+. The van der Waals surface area contributed by atoms with E-state index in [0.717, 1.165) is 36.1 Å². The van der Waals surface area contributed by atoms with Gasteiger partial charge in [0.15, 0.2) is 0 Å². The number of hydrogen-bond donors (Lipinski definition) is 4.